The maximum atomic E-state index is 12.2. The summed E-state index contributed by atoms with van der Waals surface area (Å²) >= 11 is 0. The number of amides is 1. The highest BCUT2D eigenvalue weighted by atomic mass is 16.5. The van der Waals surface area contributed by atoms with Crippen molar-refractivity contribution in [2.75, 3.05) is 0 Å². The number of aromatic nitrogens is 1. The molecule has 0 bridgehead atoms. The summed E-state index contributed by atoms with van der Waals surface area (Å²) in [5.74, 6) is 0.465. The SMILES string of the molecule is CCc1noc(C)c1C(=O)NC1CCC(O)CC1. The first-order valence-electron chi connectivity index (χ1n) is 6.55. The summed E-state index contributed by atoms with van der Waals surface area (Å²) < 4.78 is 5.06. The Balaban J connectivity index is 2.01. The Morgan fingerprint density at radius 3 is 2.72 bits per heavy atom. The van der Waals surface area contributed by atoms with Crippen molar-refractivity contribution in [1.82, 2.24) is 10.5 Å². The summed E-state index contributed by atoms with van der Waals surface area (Å²) in [5.41, 5.74) is 1.28. The number of aryl methyl sites for hydroxylation is 2. The van der Waals surface area contributed by atoms with E-state index in [1.165, 1.54) is 0 Å². The molecule has 1 aromatic heterocycles. The van der Waals surface area contributed by atoms with E-state index in [0.29, 0.717) is 23.4 Å². The number of aliphatic hydroxyl groups is 1. The molecule has 1 amide bonds. The Labute approximate surface area is 107 Å². The summed E-state index contributed by atoms with van der Waals surface area (Å²) in [7, 11) is 0. The highest BCUT2D eigenvalue weighted by Gasteiger charge is 2.24. The van der Waals surface area contributed by atoms with E-state index in [4.69, 9.17) is 4.52 Å². The van der Waals surface area contributed by atoms with Gasteiger partial charge in [0.05, 0.1) is 11.8 Å². The number of aliphatic hydroxyl groups excluding tert-OH is 1. The van der Waals surface area contributed by atoms with Crippen LogP contribution in [0.2, 0.25) is 0 Å². The summed E-state index contributed by atoms with van der Waals surface area (Å²) in [5, 5.41) is 16.3. The van der Waals surface area contributed by atoms with Crippen LogP contribution in [0.1, 0.15) is 54.4 Å². The van der Waals surface area contributed by atoms with Crippen LogP contribution in [0.4, 0.5) is 0 Å². The van der Waals surface area contributed by atoms with Crippen LogP contribution < -0.4 is 5.32 Å². The van der Waals surface area contributed by atoms with E-state index in [-0.39, 0.29) is 18.1 Å². The van der Waals surface area contributed by atoms with E-state index in [2.05, 4.69) is 10.5 Å². The Morgan fingerprint density at radius 1 is 1.44 bits per heavy atom. The minimum Gasteiger partial charge on any atom is -0.393 e. The smallest absolute Gasteiger partial charge is 0.257 e. The number of rotatable bonds is 3. The first-order chi connectivity index (χ1) is 8.61. The summed E-state index contributed by atoms with van der Waals surface area (Å²) in [6, 6.07) is 0.153. The van der Waals surface area contributed by atoms with Crippen molar-refractivity contribution < 1.29 is 14.4 Å². The van der Waals surface area contributed by atoms with Gasteiger partial charge >= 0.3 is 0 Å². The quantitative estimate of drug-likeness (QED) is 0.856. The average Bonchev–Trinajstić information content (AvgIpc) is 2.73. The summed E-state index contributed by atoms with van der Waals surface area (Å²) in [6.07, 6.45) is 3.66. The van der Waals surface area contributed by atoms with Gasteiger partial charge in [-0.05, 0) is 39.0 Å². The third kappa shape index (κ3) is 2.72. The highest BCUT2D eigenvalue weighted by molar-refractivity contribution is 5.96. The van der Waals surface area contributed by atoms with Crippen LogP contribution in [0, 0.1) is 6.92 Å². The van der Waals surface area contributed by atoms with Gasteiger partial charge in [0.2, 0.25) is 0 Å². The molecule has 0 aromatic carbocycles. The zero-order valence-corrected chi connectivity index (χ0v) is 10.9. The van der Waals surface area contributed by atoms with E-state index in [1.807, 2.05) is 6.92 Å². The first kappa shape index (κ1) is 13.1. The van der Waals surface area contributed by atoms with Crippen LogP contribution in [0.15, 0.2) is 4.52 Å². The number of hydrogen-bond acceptors (Lipinski definition) is 4. The molecule has 1 heterocycles. The Hall–Kier alpha value is -1.36. The monoisotopic (exact) mass is 252 g/mol. The Kier molecular flexibility index (Phi) is 4.01. The van der Waals surface area contributed by atoms with Gasteiger partial charge in [-0.1, -0.05) is 12.1 Å². The molecule has 100 valence electrons. The third-order valence-electron chi connectivity index (χ3n) is 3.53. The average molecular weight is 252 g/mol. The standard InChI is InChI=1S/C13H20N2O3/c1-3-11-12(8(2)18-15-11)13(17)14-9-4-6-10(16)7-5-9/h9-10,16H,3-7H2,1-2H3,(H,14,17). The molecule has 2 N–H and O–H groups in total. The van der Waals surface area contributed by atoms with E-state index in [9.17, 15) is 9.90 Å². The van der Waals surface area contributed by atoms with Gasteiger partial charge in [-0.25, -0.2) is 0 Å². The number of carbonyl (C=O) groups is 1. The molecule has 0 radical (unpaired) electrons. The zero-order chi connectivity index (χ0) is 13.1. The molecule has 18 heavy (non-hydrogen) atoms. The molecule has 0 saturated heterocycles. The fourth-order valence-electron chi connectivity index (χ4n) is 2.43. The van der Waals surface area contributed by atoms with E-state index in [1.54, 1.807) is 6.92 Å². The van der Waals surface area contributed by atoms with Crippen LogP contribution in [-0.2, 0) is 6.42 Å². The maximum absolute atomic E-state index is 12.2. The van der Waals surface area contributed by atoms with Crippen LogP contribution in [0.3, 0.4) is 0 Å². The predicted octanol–water partition coefficient (Wildman–Crippen LogP) is 1.58. The van der Waals surface area contributed by atoms with Crippen molar-refractivity contribution in [1.29, 1.82) is 0 Å². The number of nitrogens with one attached hydrogen (secondary N) is 1. The zero-order valence-electron chi connectivity index (χ0n) is 10.9. The van der Waals surface area contributed by atoms with Gasteiger partial charge in [-0.15, -0.1) is 0 Å². The third-order valence-corrected chi connectivity index (χ3v) is 3.53. The van der Waals surface area contributed by atoms with Crippen LogP contribution >= 0.6 is 0 Å². The molecule has 1 aromatic rings. The second-order valence-electron chi connectivity index (χ2n) is 4.89. The number of carbonyl (C=O) groups excluding carboxylic acids is 1. The molecular weight excluding hydrogens is 232 g/mol. The minimum absolute atomic E-state index is 0.105. The molecular formula is C13H20N2O3. The Bertz CT molecular complexity index is 420. The largest absolute Gasteiger partial charge is 0.393 e. The lowest BCUT2D eigenvalue weighted by Gasteiger charge is -2.26. The molecule has 1 fully saturated rings. The molecule has 1 saturated carbocycles. The lowest BCUT2D eigenvalue weighted by atomic mass is 9.93. The fraction of sp³-hybridized carbons (Fsp3) is 0.692. The van der Waals surface area contributed by atoms with Crippen LogP contribution in [0.5, 0.6) is 0 Å². The van der Waals surface area contributed by atoms with Gasteiger partial charge in [0.25, 0.3) is 5.91 Å². The van der Waals surface area contributed by atoms with Gasteiger partial charge in [-0.2, -0.15) is 0 Å². The van der Waals surface area contributed by atoms with Gasteiger partial charge in [-0.3, -0.25) is 4.79 Å². The van der Waals surface area contributed by atoms with Crippen molar-refractivity contribution in [3.8, 4) is 0 Å². The van der Waals surface area contributed by atoms with Crippen molar-refractivity contribution in [2.24, 2.45) is 0 Å². The molecule has 0 unspecified atom stereocenters. The van der Waals surface area contributed by atoms with Gasteiger partial charge < -0.3 is 14.9 Å². The van der Waals surface area contributed by atoms with Crippen LogP contribution in [0.25, 0.3) is 0 Å². The van der Waals surface area contributed by atoms with Crippen molar-refractivity contribution in [3.05, 3.63) is 17.0 Å². The Morgan fingerprint density at radius 2 is 2.11 bits per heavy atom. The number of hydrogen-bond donors (Lipinski definition) is 2. The van der Waals surface area contributed by atoms with Crippen molar-refractivity contribution in [2.45, 2.75) is 58.1 Å². The van der Waals surface area contributed by atoms with Gasteiger partial charge in [0, 0.05) is 6.04 Å². The molecule has 2 rings (SSSR count). The maximum Gasteiger partial charge on any atom is 0.257 e. The molecule has 1 aliphatic rings. The molecule has 5 heteroatoms. The topological polar surface area (TPSA) is 75.4 Å². The van der Waals surface area contributed by atoms with Gasteiger partial charge in [0.1, 0.15) is 11.3 Å². The molecule has 0 aliphatic heterocycles. The lowest BCUT2D eigenvalue weighted by molar-refractivity contribution is 0.0865. The first-order valence-corrected chi connectivity index (χ1v) is 6.55. The predicted molar refractivity (Wildman–Crippen MR) is 66.3 cm³/mol. The normalized spacial score (nSPS) is 23.9. The minimum atomic E-state index is -0.207. The molecule has 1 aliphatic carbocycles. The number of nitrogens with zero attached hydrogens (tertiary/aromatic N) is 1. The van der Waals surface area contributed by atoms with E-state index >= 15 is 0 Å². The fourth-order valence-corrected chi connectivity index (χ4v) is 2.43. The van der Waals surface area contributed by atoms with Crippen molar-refractivity contribution in [3.63, 3.8) is 0 Å². The van der Waals surface area contributed by atoms with E-state index < -0.39 is 0 Å². The molecule has 0 atom stereocenters. The summed E-state index contributed by atoms with van der Waals surface area (Å²) in [6.45, 7) is 3.71. The second-order valence-corrected chi connectivity index (χ2v) is 4.89. The molecule has 5 nitrogen and oxygen atoms in total. The van der Waals surface area contributed by atoms with Crippen molar-refractivity contribution >= 4 is 5.91 Å². The van der Waals surface area contributed by atoms with Gasteiger partial charge in [0.15, 0.2) is 0 Å². The van der Waals surface area contributed by atoms with Crippen LogP contribution in [-0.4, -0.2) is 28.3 Å². The summed E-state index contributed by atoms with van der Waals surface area (Å²) in [4.78, 5) is 12.2. The lowest BCUT2D eigenvalue weighted by Crippen LogP contribution is -2.39. The molecule has 0 spiro atoms. The van der Waals surface area contributed by atoms with E-state index in [0.717, 1.165) is 25.7 Å². The highest BCUT2D eigenvalue weighted by Crippen LogP contribution is 2.20. The second kappa shape index (κ2) is 5.52.